The number of nitrogens with one attached hydrogen (secondary N) is 2. The molecule has 1 aromatic carbocycles. The van der Waals surface area contributed by atoms with Gasteiger partial charge in [0.25, 0.3) is 5.91 Å². The van der Waals surface area contributed by atoms with Crippen molar-refractivity contribution in [2.45, 2.75) is 20.3 Å². The Balaban J connectivity index is 2.49. The van der Waals surface area contributed by atoms with Crippen LogP contribution in [0.2, 0.25) is 0 Å². The molecule has 1 amide bonds. The molecule has 0 spiro atoms. The number of hydrogen-bond donors (Lipinski definition) is 2. The standard InChI is InChI=1S/C12H15N3O/c1-3-8-5-6-10-9(7-8)11(15-14-10)12(16)13-4-2/h5-7H,3-4H2,1-2H3,(H,13,16)(H,14,15). The quantitative estimate of drug-likeness (QED) is 0.824. The lowest BCUT2D eigenvalue weighted by atomic mass is 10.1. The van der Waals surface area contributed by atoms with E-state index in [0.29, 0.717) is 12.2 Å². The van der Waals surface area contributed by atoms with Gasteiger partial charge in [-0.2, -0.15) is 5.10 Å². The number of amides is 1. The minimum Gasteiger partial charge on any atom is -0.351 e. The lowest BCUT2D eigenvalue weighted by molar-refractivity contribution is 0.0952. The van der Waals surface area contributed by atoms with Crippen LogP contribution >= 0.6 is 0 Å². The van der Waals surface area contributed by atoms with Crippen molar-refractivity contribution < 1.29 is 4.79 Å². The summed E-state index contributed by atoms with van der Waals surface area (Å²) >= 11 is 0. The largest absolute Gasteiger partial charge is 0.351 e. The molecule has 0 fully saturated rings. The number of carbonyl (C=O) groups excluding carboxylic acids is 1. The molecule has 1 heterocycles. The maximum absolute atomic E-state index is 11.7. The Labute approximate surface area is 94.0 Å². The van der Waals surface area contributed by atoms with Crippen LogP contribution in [-0.2, 0) is 6.42 Å². The summed E-state index contributed by atoms with van der Waals surface area (Å²) < 4.78 is 0. The van der Waals surface area contributed by atoms with Gasteiger partial charge < -0.3 is 5.32 Å². The molecule has 4 heteroatoms. The van der Waals surface area contributed by atoms with Crippen molar-refractivity contribution in [3.63, 3.8) is 0 Å². The predicted octanol–water partition coefficient (Wildman–Crippen LogP) is 1.88. The van der Waals surface area contributed by atoms with Crippen molar-refractivity contribution in [3.8, 4) is 0 Å². The maximum Gasteiger partial charge on any atom is 0.272 e. The van der Waals surface area contributed by atoms with Crippen LogP contribution in [0, 0.1) is 0 Å². The topological polar surface area (TPSA) is 57.8 Å². The molecule has 0 atom stereocenters. The Morgan fingerprint density at radius 2 is 2.25 bits per heavy atom. The number of aromatic nitrogens is 2. The molecule has 2 N–H and O–H groups in total. The number of fused-ring (bicyclic) bond motifs is 1. The molecule has 0 unspecified atom stereocenters. The molecule has 2 aromatic rings. The van der Waals surface area contributed by atoms with E-state index in [0.717, 1.165) is 17.3 Å². The molecule has 0 bridgehead atoms. The SMILES string of the molecule is CCNC(=O)c1n[nH]c2ccc(CC)cc12. The van der Waals surface area contributed by atoms with Crippen molar-refractivity contribution in [2.24, 2.45) is 0 Å². The Morgan fingerprint density at radius 1 is 1.44 bits per heavy atom. The summed E-state index contributed by atoms with van der Waals surface area (Å²) in [5.74, 6) is -0.123. The fraction of sp³-hybridized carbons (Fsp3) is 0.333. The van der Waals surface area contributed by atoms with Crippen LogP contribution in [0.1, 0.15) is 29.9 Å². The first kappa shape index (κ1) is 10.7. The van der Waals surface area contributed by atoms with Crippen LogP contribution in [0.5, 0.6) is 0 Å². The van der Waals surface area contributed by atoms with Gasteiger partial charge in [0.2, 0.25) is 0 Å². The van der Waals surface area contributed by atoms with E-state index in [2.05, 4.69) is 22.4 Å². The zero-order valence-corrected chi connectivity index (χ0v) is 9.50. The third-order valence-electron chi connectivity index (χ3n) is 2.59. The summed E-state index contributed by atoms with van der Waals surface area (Å²) in [6.07, 6.45) is 0.954. The lowest BCUT2D eigenvalue weighted by Gasteiger charge is -2.00. The number of hydrogen-bond acceptors (Lipinski definition) is 2. The average Bonchev–Trinajstić information content (AvgIpc) is 2.71. The van der Waals surface area contributed by atoms with Crippen LogP contribution in [0.25, 0.3) is 10.9 Å². The summed E-state index contributed by atoms with van der Waals surface area (Å²) in [5.41, 5.74) is 2.59. The van der Waals surface area contributed by atoms with Crippen molar-refractivity contribution in [2.75, 3.05) is 6.54 Å². The molecule has 0 aliphatic carbocycles. The third kappa shape index (κ3) is 1.78. The van der Waals surface area contributed by atoms with Crippen molar-refractivity contribution in [3.05, 3.63) is 29.5 Å². The maximum atomic E-state index is 11.7. The normalized spacial score (nSPS) is 10.6. The average molecular weight is 217 g/mol. The summed E-state index contributed by atoms with van der Waals surface area (Å²) in [5, 5.41) is 10.6. The third-order valence-corrected chi connectivity index (χ3v) is 2.59. The monoisotopic (exact) mass is 217 g/mol. The molecule has 0 aliphatic rings. The molecule has 0 radical (unpaired) electrons. The molecular formula is C12H15N3O. The van der Waals surface area contributed by atoms with E-state index in [-0.39, 0.29) is 5.91 Å². The minimum absolute atomic E-state index is 0.123. The predicted molar refractivity (Wildman–Crippen MR) is 63.5 cm³/mol. The number of carbonyl (C=O) groups is 1. The number of rotatable bonds is 3. The molecule has 0 saturated heterocycles. The first-order valence-corrected chi connectivity index (χ1v) is 5.51. The van der Waals surface area contributed by atoms with Gasteiger partial charge in [0, 0.05) is 11.9 Å². The minimum atomic E-state index is -0.123. The Hall–Kier alpha value is -1.84. The van der Waals surface area contributed by atoms with Crippen LogP contribution in [0.3, 0.4) is 0 Å². The van der Waals surface area contributed by atoms with E-state index < -0.39 is 0 Å². The van der Waals surface area contributed by atoms with Crippen LogP contribution in [0.4, 0.5) is 0 Å². The summed E-state index contributed by atoms with van der Waals surface area (Å²) in [6.45, 7) is 4.60. The van der Waals surface area contributed by atoms with E-state index in [1.54, 1.807) is 0 Å². The molecule has 4 nitrogen and oxygen atoms in total. The van der Waals surface area contributed by atoms with Gasteiger partial charge in [-0.15, -0.1) is 0 Å². The fourth-order valence-electron chi connectivity index (χ4n) is 1.70. The molecule has 1 aromatic heterocycles. The van der Waals surface area contributed by atoms with Gasteiger partial charge in [-0.1, -0.05) is 13.0 Å². The van der Waals surface area contributed by atoms with Gasteiger partial charge in [-0.3, -0.25) is 9.89 Å². The van der Waals surface area contributed by atoms with E-state index in [1.165, 1.54) is 5.56 Å². The molecule has 0 saturated carbocycles. The zero-order chi connectivity index (χ0) is 11.5. The van der Waals surface area contributed by atoms with Gasteiger partial charge in [0.05, 0.1) is 5.52 Å². The fourth-order valence-corrected chi connectivity index (χ4v) is 1.70. The van der Waals surface area contributed by atoms with Gasteiger partial charge in [0.15, 0.2) is 5.69 Å². The number of aromatic amines is 1. The van der Waals surface area contributed by atoms with Crippen molar-refractivity contribution in [1.29, 1.82) is 0 Å². The van der Waals surface area contributed by atoms with Crippen molar-refractivity contribution >= 4 is 16.8 Å². The van der Waals surface area contributed by atoms with Crippen LogP contribution in [0.15, 0.2) is 18.2 Å². The zero-order valence-electron chi connectivity index (χ0n) is 9.50. The molecule has 84 valence electrons. The van der Waals surface area contributed by atoms with E-state index in [9.17, 15) is 4.79 Å². The Morgan fingerprint density at radius 3 is 2.94 bits per heavy atom. The second kappa shape index (κ2) is 4.35. The van der Waals surface area contributed by atoms with Gasteiger partial charge in [-0.05, 0) is 31.0 Å². The van der Waals surface area contributed by atoms with Crippen LogP contribution < -0.4 is 5.32 Å². The molecule has 16 heavy (non-hydrogen) atoms. The number of aryl methyl sites for hydroxylation is 1. The smallest absolute Gasteiger partial charge is 0.272 e. The van der Waals surface area contributed by atoms with E-state index in [1.807, 2.05) is 25.1 Å². The highest BCUT2D eigenvalue weighted by atomic mass is 16.1. The molecule has 0 aliphatic heterocycles. The second-order valence-corrected chi connectivity index (χ2v) is 3.67. The second-order valence-electron chi connectivity index (χ2n) is 3.67. The van der Waals surface area contributed by atoms with Gasteiger partial charge >= 0.3 is 0 Å². The molecule has 2 rings (SSSR count). The number of benzene rings is 1. The summed E-state index contributed by atoms with van der Waals surface area (Å²) in [7, 11) is 0. The van der Waals surface area contributed by atoms with Crippen molar-refractivity contribution in [1.82, 2.24) is 15.5 Å². The van der Waals surface area contributed by atoms with Crippen LogP contribution in [-0.4, -0.2) is 22.6 Å². The van der Waals surface area contributed by atoms with Gasteiger partial charge in [-0.25, -0.2) is 0 Å². The Kier molecular flexibility index (Phi) is 2.90. The number of H-pyrrole nitrogens is 1. The lowest BCUT2D eigenvalue weighted by Crippen LogP contribution is -2.23. The number of nitrogens with zero attached hydrogens (tertiary/aromatic N) is 1. The summed E-state index contributed by atoms with van der Waals surface area (Å²) in [4.78, 5) is 11.7. The summed E-state index contributed by atoms with van der Waals surface area (Å²) in [6, 6.07) is 6.02. The van der Waals surface area contributed by atoms with Gasteiger partial charge in [0.1, 0.15) is 0 Å². The highest BCUT2D eigenvalue weighted by molar-refractivity contribution is 6.04. The molecular weight excluding hydrogens is 202 g/mol. The highest BCUT2D eigenvalue weighted by Gasteiger charge is 2.13. The van der Waals surface area contributed by atoms with E-state index in [4.69, 9.17) is 0 Å². The Bertz CT molecular complexity index is 516. The highest BCUT2D eigenvalue weighted by Crippen LogP contribution is 2.18. The van der Waals surface area contributed by atoms with E-state index >= 15 is 0 Å². The first-order valence-electron chi connectivity index (χ1n) is 5.51. The first-order chi connectivity index (χ1) is 7.76.